The maximum absolute atomic E-state index is 12.9. The Labute approximate surface area is 216 Å². The number of nitrogens with zero attached hydrogens (tertiary/aromatic N) is 2. The number of nitro benzene ring substituents is 1. The Morgan fingerprint density at radius 3 is 2.42 bits per heavy atom. The number of halogens is 1. The second kappa shape index (κ2) is 11.3. The molecule has 1 aliphatic heterocycles. The van der Waals surface area contributed by atoms with Gasteiger partial charge in [0.2, 0.25) is 0 Å². The van der Waals surface area contributed by atoms with E-state index >= 15 is 0 Å². The number of rotatable bonds is 9. The van der Waals surface area contributed by atoms with E-state index in [1.54, 1.807) is 18.2 Å². The molecule has 0 aromatic heterocycles. The van der Waals surface area contributed by atoms with Crippen LogP contribution in [-0.4, -0.2) is 27.6 Å². The van der Waals surface area contributed by atoms with Crippen LogP contribution < -0.4 is 9.47 Å². The van der Waals surface area contributed by atoms with Crippen molar-refractivity contribution in [3.8, 4) is 11.5 Å². The lowest BCUT2D eigenvalue weighted by atomic mass is 10.1. The molecule has 0 saturated carbocycles. The van der Waals surface area contributed by atoms with Crippen LogP contribution in [0.25, 0.3) is 6.08 Å². The summed E-state index contributed by atoms with van der Waals surface area (Å²) in [4.78, 5) is 37.1. The quantitative estimate of drug-likeness (QED) is 0.180. The van der Waals surface area contributed by atoms with Gasteiger partial charge in [-0.25, -0.2) is 0 Å². The van der Waals surface area contributed by atoms with Crippen LogP contribution in [-0.2, 0) is 17.9 Å². The van der Waals surface area contributed by atoms with Gasteiger partial charge in [0.1, 0.15) is 6.61 Å². The number of non-ortho nitro benzene ring substituents is 1. The zero-order valence-corrected chi connectivity index (χ0v) is 20.8. The van der Waals surface area contributed by atoms with E-state index in [0.29, 0.717) is 40.9 Å². The van der Waals surface area contributed by atoms with Gasteiger partial charge in [-0.15, -0.1) is 0 Å². The minimum Gasteiger partial charge on any atom is -0.490 e. The van der Waals surface area contributed by atoms with E-state index in [0.717, 1.165) is 22.2 Å². The number of thioether (sulfide) groups is 1. The molecular weight excluding hydrogens is 504 g/mol. The Hall–Kier alpha value is -3.82. The Bertz CT molecular complexity index is 1330. The Morgan fingerprint density at radius 1 is 1.03 bits per heavy atom. The van der Waals surface area contributed by atoms with Gasteiger partial charge in [0.25, 0.3) is 16.8 Å². The van der Waals surface area contributed by atoms with Gasteiger partial charge < -0.3 is 9.47 Å². The molecule has 1 saturated heterocycles. The molecule has 3 aromatic carbocycles. The molecule has 0 unspecified atom stereocenters. The summed E-state index contributed by atoms with van der Waals surface area (Å²) >= 11 is 7.32. The highest BCUT2D eigenvalue weighted by molar-refractivity contribution is 8.18. The van der Waals surface area contributed by atoms with Gasteiger partial charge in [-0.2, -0.15) is 0 Å². The van der Waals surface area contributed by atoms with Crippen molar-refractivity contribution in [2.75, 3.05) is 6.61 Å². The van der Waals surface area contributed by atoms with Crippen LogP contribution >= 0.6 is 23.4 Å². The smallest absolute Gasteiger partial charge is 0.293 e. The third kappa shape index (κ3) is 5.87. The SMILES string of the molecule is CCOc1cc(/C=C2/SC(=O)N(Cc3ccc([N+](=O)[O-])cc3)C2=O)cc(Cl)c1OCc1ccccc1. The van der Waals surface area contributed by atoms with Crippen LogP contribution in [0.5, 0.6) is 11.5 Å². The first-order chi connectivity index (χ1) is 17.4. The lowest BCUT2D eigenvalue weighted by Crippen LogP contribution is -2.27. The van der Waals surface area contributed by atoms with Gasteiger partial charge in [0, 0.05) is 12.1 Å². The summed E-state index contributed by atoms with van der Waals surface area (Å²) in [6, 6.07) is 18.7. The molecule has 1 fully saturated rings. The predicted octanol–water partition coefficient (Wildman–Crippen LogP) is 6.46. The molecule has 184 valence electrons. The van der Waals surface area contributed by atoms with Crippen LogP contribution in [0.4, 0.5) is 10.5 Å². The van der Waals surface area contributed by atoms with E-state index in [2.05, 4.69) is 0 Å². The van der Waals surface area contributed by atoms with Crippen LogP contribution in [0.3, 0.4) is 0 Å². The number of benzene rings is 3. The predicted molar refractivity (Wildman–Crippen MR) is 138 cm³/mol. The van der Waals surface area contributed by atoms with Gasteiger partial charge in [-0.3, -0.25) is 24.6 Å². The zero-order valence-electron chi connectivity index (χ0n) is 19.2. The van der Waals surface area contributed by atoms with E-state index in [9.17, 15) is 19.7 Å². The minimum atomic E-state index is -0.508. The number of imide groups is 1. The van der Waals surface area contributed by atoms with E-state index in [1.807, 2.05) is 37.3 Å². The highest BCUT2D eigenvalue weighted by Gasteiger charge is 2.35. The molecule has 10 heteroatoms. The molecule has 0 radical (unpaired) electrons. The summed E-state index contributed by atoms with van der Waals surface area (Å²) in [5.41, 5.74) is 2.09. The Balaban J connectivity index is 1.53. The summed E-state index contributed by atoms with van der Waals surface area (Å²) in [5, 5.41) is 10.7. The topological polar surface area (TPSA) is 99.0 Å². The molecule has 4 rings (SSSR count). The van der Waals surface area contributed by atoms with Crippen molar-refractivity contribution in [2.45, 2.75) is 20.1 Å². The van der Waals surface area contributed by atoms with Gasteiger partial charge in [0.15, 0.2) is 11.5 Å². The van der Waals surface area contributed by atoms with Gasteiger partial charge in [-0.05, 0) is 53.6 Å². The van der Waals surface area contributed by atoms with Crippen LogP contribution in [0.15, 0.2) is 71.6 Å². The van der Waals surface area contributed by atoms with E-state index in [4.69, 9.17) is 21.1 Å². The first-order valence-corrected chi connectivity index (χ1v) is 12.2. The summed E-state index contributed by atoms with van der Waals surface area (Å²) < 4.78 is 11.7. The first kappa shape index (κ1) is 25.3. The van der Waals surface area contributed by atoms with Crippen LogP contribution in [0, 0.1) is 10.1 Å². The number of carbonyl (C=O) groups is 2. The van der Waals surface area contributed by atoms with Crippen molar-refractivity contribution in [2.24, 2.45) is 0 Å². The fraction of sp³-hybridized carbons (Fsp3) is 0.154. The summed E-state index contributed by atoms with van der Waals surface area (Å²) in [6.45, 7) is 2.54. The number of amides is 2. The molecule has 8 nitrogen and oxygen atoms in total. The third-order valence-corrected chi connectivity index (χ3v) is 6.41. The second-order valence-electron chi connectivity index (χ2n) is 7.73. The molecule has 0 bridgehead atoms. The summed E-state index contributed by atoms with van der Waals surface area (Å²) in [5.74, 6) is 0.366. The average molecular weight is 525 g/mol. The van der Waals surface area contributed by atoms with E-state index < -0.39 is 16.1 Å². The van der Waals surface area contributed by atoms with Gasteiger partial charge >= 0.3 is 0 Å². The standard InChI is InChI=1S/C26H21ClN2O6S/c1-2-34-22-13-19(12-21(27)24(22)35-16-18-6-4-3-5-7-18)14-23-25(30)28(26(31)36-23)15-17-8-10-20(11-9-17)29(32)33/h3-14H,2,15-16H2,1H3/b23-14+. The van der Waals surface area contributed by atoms with Crippen molar-refractivity contribution in [1.82, 2.24) is 4.90 Å². The fourth-order valence-electron chi connectivity index (χ4n) is 3.50. The number of carbonyl (C=O) groups excluding carboxylic acids is 2. The first-order valence-electron chi connectivity index (χ1n) is 11.0. The molecule has 1 aliphatic rings. The van der Waals surface area contributed by atoms with E-state index in [1.165, 1.54) is 24.3 Å². The molecule has 0 N–H and O–H groups in total. The zero-order chi connectivity index (χ0) is 25.7. The third-order valence-electron chi connectivity index (χ3n) is 5.22. The van der Waals surface area contributed by atoms with Gasteiger partial charge in [0.05, 0.1) is 28.0 Å². The average Bonchev–Trinajstić information content (AvgIpc) is 3.12. The number of hydrogen-bond acceptors (Lipinski definition) is 7. The monoisotopic (exact) mass is 524 g/mol. The normalized spacial score (nSPS) is 14.4. The molecule has 2 amide bonds. The number of nitro groups is 1. The second-order valence-corrected chi connectivity index (χ2v) is 9.13. The molecule has 3 aromatic rings. The largest absolute Gasteiger partial charge is 0.490 e. The van der Waals surface area contributed by atoms with Crippen molar-refractivity contribution in [3.63, 3.8) is 0 Å². The summed E-state index contributed by atoms with van der Waals surface area (Å²) in [6.07, 6.45) is 1.58. The molecule has 1 heterocycles. The molecule has 0 spiro atoms. The number of hydrogen-bond donors (Lipinski definition) is 0. The van der Waals surface area contributed by atoms with Crippen molar-refractivity contribution in [3.05, 3.63) is 103 Å². The lowest BCUT2D eigenvalue weighted by molar-refractivity contribution is -0.384. The Morgan fingerprint density at radius 2 is 1.75 bits per heavy atom. The molecule has 36 heavy (non-hydrogen) atoms. The van der Waals surface area contributed by atoms with Crippen molar-refractivity contribution in [1.29, 1.82) is 0 Å². The van der Waals surface area contributed by atoms with Crippen LogP contribution in [0.2, 0.25) is 5.02 Å². The fourth-order valence-corrected chi connectivity index (χ4v) is 4.61. The van der Waals surface area contributed by atoms with Crippen LogP contribution in [0.1, 0.15) is 23.6 Å². The maximum Gasteiger partial charge on any atom is 0.293 e. The minimum absolute atomic E-state index is 0.0111. The summed E-state index contributed by atoms with van der Waals surface area (Å²) in [7, 11) is 0. The highest BCUT2D eigenvalue weighted by atomic mass is 35.5. The molecule has 0 atom stereocenters. The Kier molecular flexibility index (Phi) is 7.92. The van der Waals surface area contributed by atoms with Crippen molar-refractivity contribution < 1.29 is 24.0 Å². The maximum atomic E-state index is 12.9. The lowest BCUT2D eigenvalue weighted by Gasteiger charge is -2.15. The van der Waals surface area contributed by atoms with Crippen molar-refractivity contribution >= 4 is 46.3 Å². The molecule has 0 aliphatic carbocycles. The van der Waals surface area contributed by atoms with Gasteiger partial charge in [-0.1, -0.05) is 54.1 Å². The number of ether oxygens (including phenoxy) is 2. The highest BCUT2D eigenvalue weighted by Crippen LogP contribution is 2.40. The molecular formula is C26H21ClN2O6S. The van der Waals surface area contributed by atoms with E-state index in [-0.39, 0.29) is 17.1 Å².